The quantitative estimate of drug-likeness (QED) is 0.405. The average Bonchev–Trinajstić information content (AvgIpc) is 2.67. The molecule has 0 bridgehead atoms. The molecule has 0 unspecified atom stereocenters. The van der Waals surface area contributed by atoms with Crippen LogP contribution in [0.3, 0.4) is 0 Å². The lowest BCUT2D eigenvalue weighted by atomic mass is 9.78. The first-order chi connectivity index (χ1) is 12.6. The van der Waals surface area contributed by atoms with E-state index < -0.39 is 5.92 Å². The lowest BCUT2D eigenvalue weighted by molar-refractivity contribution is 0.0854. The number of hydrogen-bond acceptors (Lipinski definition) is 3. The molecule has 0 saturated heterocycles. The number of carbonyl (C=O) groups excluding carboxylic acids is 2. The molecule has 4 aromatic rings. The van der Waals surface area contributed by atoms with Gasteiger partial charge in [-0.25, -0.2) is 0 Å². The zero-order valence-corrected chi connectivity index (χ0v) is 15.2. The molecular weight excluding hydrogens is 390 g/mol. The first-order valence-electron chi connectivity index (χ1n) is 8.30. The van der Waals surface area contributed by atoms with E-state index in [1.54, 1.807) is 18.2 Å². The van der Waals surface area contributed by atoms with E-state index >= 15 is 0 Å². The zero-order valence-electron chi connectivity index (χ0n) is 13.6. The first-order valence-corrected chi connectivity index (χ1v) is 9.10. The summed E-state index contributed by atoms with van der Waals surface area (Å²) >= 11 is 3.51. The third-order valence-electron chi connectivity index (χ3n) is 4.96. The van der Waals surface area contributed by atoms with Crippen LogP contribution in [-0.2, 0) is 0 Å². The van der Waals surface area contributed by atoms with Gasteiger partial charge in [-0.1, -0.05) is 58.4 Å². The fourth-order valence-corrected chi connectivity index (χ4v) is 4.19. The molecule has 1 aliphatic rings. The van der Waals surface area contributed by atoms with Gasteiger partial charge in [0.15, 0.2) is 11.6 Å². The highest BCUT2D eigenvalue weighted by Gasteiger charge is 2.38. The van der Waals surface area contributed by atoms with Gasteiger partial charge in [0, 0.05) is 26.4 Å². The van der Waals surface area contributed by atoms with Crippen LogP contribution in [0, 0.1) is 0 Å². The molecule has 0 aliphatic heterocycles. The Kier molecular flexibility index (Phi) is 3.31. The molecule has 0 N–H and O–H groups in total. The van der Waals surface area contributed by atoms with E-state index in [1.807, 2.05) is 48.5 Å². The van der Waals surface area contributed by atoms with Gasteiger partial charge in [-0.05, 0) is 29.7 Å². The molecule has 3 aromatic carbocycles. The van der Waals surface area contributed by atoms with Crippen molar-refractivity contribution in [1.82, 2.24) is 4.98 Å². The van der Waals surface area contributed by atoms with E-state index in [0.717, 1.165) is 26.1 Å². The Balaban J connectivity index is 1.75. The molecule has 0 spiro atoms. The summed E-state index contributed by atoms with van der Waals surface area (Å²) in [6.45, 7) is 0. The number of nitrogens with zero attached hydrogens (tertiary/aromatic N) is 1. The Bertz CT molecular complexity index is 1220. The maximum atomic E-state index is 13.2. The summed E-state index contributed by atoms with van der Waals surface area (Å²) in [7, 11) is 0. The second kappa shape index (κ2) is 5.58. The summed E-state index contributed by atoms with van der Waals surface area (Å²) in [6, 6.07) is 20.6. The van der Waals surface area contributed by atoms with Gasteiger partial charge in [0.05, 0.1) is 11.2 Å². The molecule has 26 heavy (non-hydrogen) atoms. The number of aromatic nitrogens is 1. The minimum absolute atomic E-state index is 0.186. The predicted molar refractivity (Wildman–Crippen MR) is 105 cm³/mol. The van der Waals surface area contributed by atoms with Gasteiger partial charge in [0.25, 0.3) is 0 Å². The summed E-state index contributed by atoms with van der Waals surface area (Å²) in [6.07, 6.45) is 0. The smallest absolute Gasteiger partial charge is 0.180 e. The van der Waals surface area contributed by atoms with Crippen molar-refractivity contribution in [3.63, 3.8) is 0 Å². The van der Waals surface area contributed by atoms with Crippen molar-refractivity contribution in [1.29, 1.82) is 0 Å². The van der Waals surface area contributed by atoms with Gasteiger partial charge in [-0.2, -0.15) is 0 Å². The Morgan fingerprint density at radius 2 is 1.54 bits per heavy atom. The first kappa shape index (κ1) is 15.4. The molecule has 0 saturated carbocycles. The molecule has 1 aliphatic carbocycles. The van der Waals surface area contributed by atoms with Crippen molar-refractivity contribution in [2.75, 3.05) is 0 Å². The van der Waals surface area contributed by atoms with E-state index in [-0.39, 0.29) is 11.6 Å². The van der Waals surface area contributed by atoms with E-state index in [1.165, 1.54) is 0 Å². The summed E-state index contributed by atoms with van der Waals surface area (Å²) in [5.74, 6) is -1.26. The maximum absolute atomic E-state index is 13.2. The molecule has 0 amide bonds. The molecule has 1 aromatic heterocycles. The van der Waals surface area contributed by atoms with E-state index in [0.29, 0.717) is 16.8 Å². The Hall–Kier alpha value is -2.85. The van der Waals surface area contributed by atoms with Crippen molar-refractivity contribution in [2.45, 2.75) is 5.92 Å². The van der Waals surface area contributed by atoms with Gasteiger partial charge in [0.2, 0.25) is 0 Å². The molecule has 0 fully saturated rings. The van der Waals surface area contributed by atoms with Crippen LogP contribution in [0.1, 0.15) is 32.3 Å². The lowest BCUT2D eigenvalue weighted by Crippen LogP contribution is -2.28. The Morgan fingerprint density at radius 1 is 0.769 bits per heavy atom. The number of pyridine rings is 1. The summed E-state index contributed by atoms with van der Waals surface area (Å²) in [4.78, 5) is 31.0. The van der Waals surface area contributed by atoms with Gasteiger partial charge in [-0.15, -0.1) is 0 Å². The number of Topliss-reactive ketones (excluding diaryl/α,β-unsaturated/α-hetero) is 2. The monoisotopic (exact) mass is 401 g/mol. The molecule has 4 heteroatoms. The minimum Gasteiger partial charge on any atom is -0.293 e. The fourth-order valence-electron chi connectivity index (χ4n) is 3.72. The number of benzene rings is 3. The minimum atomic E-state index is -0.890. The average molecular weight is 402 g/mol. The van der Waals surface area contributed by atoms with Gasteiger partial charge < -0.3 is 0 Å². The number of para-hydroxylation sites is 1. The largest absolute Gasteiger partial charge is 0.293 e. The number of ketones is 2. The zero-order chi connectivity index (χ0) is 17.8. The number of hydrogen-bond donors (Lipinski definition) is 0. The lowest BCUT2D eigenvalue weighted by Gasteiger charge is -2.23. The summed E-state index contributed by atoms with van der Waals surface area (Å²) in [5.41, 5.74) is 2.45. The Morgan fingerprint density at radius 3 is 2.38 bits per heavy atom. The SMILES string of the molecule is O=C1c2cccc3c(Br)ccc(c23)C(=O)[C@@H]1c1ccc2ccccc2n1. The van der Waals surface area contributed by atoms with E-state index in [9.17, 15) is 9.59 Å². The molecular formula is C22H12BrNO2. The molecule has 0 radical (unpaired) electrons. The van der Waals surface area contributed by atoms with Crippen LogP contribution in [0.4, 0.5) is 0 Å². The highest BCUT2D eigenvalue weighted by molar-refractivity contribution is 9.10. The van der Waals surface area contributed by atoms with Crippen molar-refractivity contribution >= 4 is 49.2 Å². The third-order valence-corrected chi connectivity index (χ3v) is 5.65. The van der Waals surface area contributed by atoms with Crippen molar-refractivity contribution in [3.05, 3.63) is 88.0 Å². The van der Waals surface area contributed by atoms with Crippen LogP contribution >= 0.6 is 15.9 Å². The van der Waals surface area contributed by atoms with Crippen LogP contribution in [0.25, 0.3) is 21.7 Å². The normalized spacial score (nSPS) is 16.4. The second-order valence-corrected chi connectivity index (χ2v) is 7.27. The van der Waals surface area contributed by atoms with Crippen LogP contribution in [0.5, 0.6) is 0 Å². The van der Waals surface area contributed by atoms with Crippen LogP contribution in [-0.4, -0.2) is 16.6 Å². The Labute approximate surface area is 157 Å². The molecule has 5 rings (SSSR count). The fraction of sp³-hybridized carbons (Fsp3) is 0.0455. The van der Waals surface area contributed by atoms with Crippen LogP contribution in [0.15, 0.2) is 71.2 Å². The van der Waals surface area contributed by atoms with Crippen LogP contribution < -0.4 is 0 Å². The number of carbonyl (C=O) groups is 2. The van der Waals surface area contributed by atoms with Crippen LogP contribution in [0.2, 0.25) is 0 Å². The number of rotatable bonds is 1. The summed E-state index contributed by atoms with van der Waals surface area (Å²) < 4.78 is 0.876. The second-order valence-electron chi connectivity index (χ2n) is 6.41. The topological polar surface area (TPSA) is 47.0 Å². The maximum Gasteiger partial charge on any atom is 0.180 e. The molecule has 3 nitrogen and oxygen atoms in total. The van der Waals surface area contributed by atoms with Gasteiger partial charge in [0.1, 0.15) is 5.92 Å². The molecule has 1 atom stereocenters. The number of halogens is 1. The van der Waals surface area contributed by atoms with Crippen molar-refractivity contribution in [2.24, 2.45) is 0 Å². The highest BCUT2D eigenvalue weighted by atomic mass is 79.9. The third kappa shape index (κ3) is 2.09. The van der Waals surface area contributed by atoms with Gasteiger partial charge in [-0.3, -0.25) is 14.6 Å². The van der Waals surface area contributed by atoms with Crippen molar-refractivity contribution in [3.8, 4) is 0 Å². The standard InChI is InChI=1S/C22H12BrNO2/c23-16-10-9-15-19-13(16)5-3-6-14(19)21(25)20(22(15)26)18-11-8-12-4-1-2-7-17(12)24-18/h1-11,20H/t20-/m1/s1. The summed E-state index contributed by atoms with van der Waals surface area (Å²) in [5, 5.41) is 2.60. The predicted octanol–water partition coefficient (Wildman–Crippen LogP) is 5.31. The van der Waals surface area contributed by atoms with E-state index in [2.05, 4.69) is 20.9 Å². The molecule has 124 valence electrons. The highest BCUT2D eigenvalue weighted by Crippen LogP contribution is 2.39. The van der Waals surface area contributed by atoms with E-state index in [4.69, 9.17) is 0 Å². The molecule has 1 heterocycles. The number of fused-ring (bicyclic) bond motifs is 1. The van der Waals surface area contributed by atoms with Gasteiger partial charge >= 0.3 is 0 Å². The van der Waals surface area contributed by atoms with Crippen molar-refractivity contribution < 1.29 is 9.59 Å².